The summed E-state index contributed by atoms with van der Waals surface area (Å²) in [4.78, 5) is 26.9. The molecule has 1 aromatic rings. The first kappa shape index (κ1) is 20.4. The van der Waals surface area contributed by atoms with Crippen LogP contribution in [0.5, 0.6) is 0 Å². The van der Waals surface area contributed by atoms with Crippen LogP contribution >= 0.6 is 0 Å². The van der Waals surface area contributed by atoms with E-state index in [0.717, 1.165) is 24.8 Å². The van der Waals surface area contributed by atoms with Gasteiger partial charge >= 0.3 is 6.09 Å². The number of hydrogen-bond acceptors (Lipinski definition) is 3. The molecular formula is C24H31NO3. The van der Waals surface area contributed by atoms with Crippen molar-refractivity contribution in [2.75, 3.05) is 6.61 Å². The Balaban J connectivity index is 1.77. The summed E-state index contributed by atoms with van der Waals surface area (Å²) in [5.74, 6) is 0.0618. The van der Waals surface area contributed by atoms with Gasteiger partial charge in [0.15, 0.2) is 0 Å². The topological polar surface area (TPSA) is 46.6 Å². The molecule has 1 aliphatic carbocycles. The molecule has 2 fully saturated rings. The van der Waals surface area contributed by atoms with Crippen molar-refractivity contribution in [2.24, 2.45) is 11.8 Å². The maximum atomic E-state index is 13.3. The average molecular weight is 382 g/mol. The van der Waals surface area contributed by atoms with Gasteiger partial charge in [0.2, 0.25) is 5.91 Å². The predicted molar refractivity (Wildman–Crippen MR) is 110 cm³/mol. The smallest absolute Gasteiger partial charge is 0.417 e. The Kier molecular flexibility index (Phi) is 7.50. The van der Waals surface area contributed by atoms with Crippen LogP contribution in [0.25, 0.3) is 0 Å². The minimum absolute atomic E-state index is 0.172. The molecule has 1 aromatic carbocycles. The molecule has 2 atom stereocenters. The van der Waals surface area contributed by atoms with E-state index in [0.29, 0.717) is 5.92 Å². The van der Waals surface area contributed by atoms with Gasteiger partial charge in [-0.3, -0.25) is 4.79 Å². The summed E-state index contributed by atoms with van der Waals surface area (Å²) in [5, 5.41) is 0. The SMILES string of the molecule is CCCC[C@@H](C=C=CC1CCCCC1)C(=O)N1C(=O)OC[C@@H]1c1ccccc1. The highest BCUT2D eigenvalue weighted by Gasteiger charge is 2.40. The molecule has 0 spiro atoms. The number of benzene rings is 1. The standard InChI is InChI=1S/C24H31NO3/c1-2-3-14-21(17-10-13-19-11-6-4-7-12-19)23(26)25-22(18-28-24(25)27)20-15-8-5-9-16-20/h5,8-9,13,15-17,19,21-22H,2-4,6-7,11-12,14,18H2,1H3/t10?,21-,22+/m0/s1. The molecule has 150 valence electrons. The molecule has 0 aromatic heterocycles. The first-order valence-corrected chi connectivity index (χ1v) is 10.7. The number of cyclic esters (lactones) is 1. The van der Waals surface area contributed by atoms with Gasteiger partial charge in [-0.2, -0.15) is 0 Å². The van der Waals surface area contributed by atoms with E-state index in [2.05, 4.69) is 18.7 Å². The van der Waals surface area contributed by atoms with Crippen LogP contribution in [0.15, 0.2) is 48.2 Å². The second kappa shape index (κ2) is 10.3. The quantitative estimate of drug-likeness (QED) is 0.560. The first-order chi connectivity index (χ1) is 13.7. The first-order valence-electron chi connectivity index (χ1n) is 10.7. The zero-order valence-electron chi connectivity index (χ0n) is 16.8. The van der Waals surface area contributed by atoms with E-state index in [4.69, 9.17) is 4.74 Å². The van der Waals surface area contributed by atoms with Crippen molar-refractivity contribution in [1.29, 1.82) is 0 Å². The Morgan fingerprint density at radius 3 is 2.71 bits per heavy atom. The molecule has 1 saturated carbocycles. The van der Waals surface area contributed by atoms with Crippen molar-refractivity contribution in [3.05, 3.63) is 53.8 Å². The Morgan fingerprint density at radius 1 is 1.25 bits per heavy atom. The van der Waals surface area contributed by atoms with Crippen LogP contribution in [-0.4, -0.2) is 23.5 Å². The molecule has 28 heavy (non-hydrogen) atoms. The number of imide groups is 1. The number of unbranched alkanes of at least 4 members (excludes halogenated alkanes) is 1. The van der Waals surface area contributed by atoms with Crippen LogP contribution in [0.4, 0.5) is 4.79 Å². The number of carbonyl (C=O) groups excluding carboxylic acids is 2. The summed E-state index contributed by atoms with van der Waals surface area (Å²) in [6, 6.07) is 9.29. The molecule has 0 radical (unpaired) electrons. The van der Waals surface area contributed by atoms with E-state index < -0.39 is 6.09 Å². The Hall–Kier alpha value is -2.32. The van der Waals surface area contributed by atoms with Crippen molar-refractivity contribution in [1.82, 2.24) is 4.90 Å². The molecule has 1 heterocycles. The van der Waals surface area contributed by atoms with E-state index in [1.807, 2.05) is 36.4 Å². The Bertz CT molecular complexity index is 715. The lowest BCUT2D eigenvalue weighted by atomic mass is 9.89. The molecule has 2 aliphatic rings. The lowest BCUT2D eigenvalue weighted by Gasteiger charge is -2.23. The molecular weight excluding hydrogens is 350 g/mol. The van der Waals surface area contributed by atoms with E-state index in [1.54, 1.807) is 0 Å². The van der Waals surface area contributed by atoms with Crippen LogP contribution in [0.2, 0.25) is 0 Å². The van der Waals surface area contributed by atoms with Gasteiger partial charge < -0.3 is 4.74 Å². The van der Waals surface area contributed by atoms with Crippen LogP contribution in [-0.2, 0) is 9.53 Å². The van der Waals surface area contributed by atoms with Gasteiger partial charge in [-0.25, -0.2) is 9.69 Å². The molecule has 0 bridgehead atoms. The normalized spacial score (nSPS) is 21.0. The van der Waals surface area contributed by atoms with Crippen LogP contribution in [0, 0.1) is 11.8 Å². The fourth-order valence-electron chi connectivity index (χ4n) is 4.07. The average Bonchev–Trinajstić information content (AvgIpc) is 3.13. The molecule has 4 heteroatoms. The van der Waals surface area contributed by atoms with E-state index in [1.165, 1.54) is 37.0 Å². The van der Waals surface area contributed by atoms with Crippen LogP contribution < -0.4 is 0 Å². The van der Waals surface area contributed by atoms with Crippen molar-refractivity contribution in [2.45, 2.75) is 64.3 Å². The van der Waals surface area contributed by atoms with Gasteiger partial charge in [0.05, 0.1) is 5.92 Å². The summed E-state index contributed by atoms with van der Waals surface area (Å²) < 4.78 is 5.23. The fourth-order valence-corrected chi connectivity index (χ4v) is 4.07. The van der Waals surface area contributed by atoms with E-state index >= 15 is 0 Å². The number of amides is 2. The molecule has 1 saturated heterocycles. The summed E-state index contributed by atoms with van der Waals surface area (Å²) in [6.45, 7) is 2.33. The van der Waals surface area contributed by atoms with Gasteiger partial charge in [0, 0.05) is 0 Å². The summed E-state index contributed by atoms with van der Waals surface area (Å²) in [6.07, 6.45) is 12.4. The second-order valence-corrected chi connectivity index (χ2v) is 7.86. The lowest BCUT2D eigenvalue weighted by molar-refractivity contribution is -0.132. The van der Waals surface area contributed by atoms with E-state index in [9.17, 15) is 9.59 Å². The largest absolute Gasteiger partial charge is 0.446 e. The van der Waals surface area contributed by atoms with Gasteiger partial charge in [0.1, 0.15) is 12.6 Å². The molecule has 2 amide bonds. The van der Waals surface area contributed by atoms with Crippen molar-refractivity contribution < 1.29 is 14.3 Å². The summed E-state index contributed by atoms with van der Waals surface area (Å²) in [7, 11) is 0. The van der Waals surface area contributed by atoms with Crippen LogP contribution in [0.1, 0.15) is 69.9 Å². The maximum absolute atomic E-state index is 13.3. The maximum Gasteiger partial charge on any atom is 0.417 e. The minimum Gasteiger partial charge on any atom is -0.446 e. The molecule has 0 unspecified atom stereocenters. The van der Waals surface area contributed by atoms with Crippen molar-refractivity contribution >= 4 is 12.0 Å². The zero-order valence-corrected chi connectivity index (χ0v) is 16.8. The number of hydrogen-bond donors (Lipinski definition) is 0. The third kappa shape index (κ3) is 5.14. The molecule has 1 aliphatic heterocycles. The highest BCUT2D eigenvalue weighted by Crippen LogP contribution is 2.30. The number of carbonyl (C=O) groups is 2. The third-order valence-corrected chi connectivity index (χ3v) is 5.76. The van der Waals surface area contributed by atoms with Crippen molar-refractivity contribution in [3.8, 4) is 0 Å². The van der Waals surface area contributed by atoms with Crippen molar-refractivity contribution in [3.63, 3.8) is 0 Å². The number of nitrogens with zero attached hydrogens (tertiary/aromatic N) is 1. The van der Waals surface area contributed by atoms with Gasteiger partial charge in [0.25, 0.3) is 0 Å². The van der Waals surface area contributed by atoms with Crippen LogP contribution in [0.3, 0.4) is 0 Å². The molecule has 0 N–H and O–H groups in total. The highest BCUT2D eigenvalue weighted by atomic mass is 16.6. The molecule has 3 rings (SSSR count). The second-order valence-electron chi connectivity index (χ2n) is 7.86. The fraction of sp³-hybridized carbons (Fsp3) is 0.542. The zero-order chi connectivity index (χ0) is 19.8. The monoisotopic (exact) mass is 381 g/mol. The predicted octanol–water partition coefficient (Wildman–Crippen LogP) is 5.80. The van der Waals surface area contributed by atoms with Gasteiger partial charge in [-0.15, -0.1) is 5.73 Å². The minimum atomic E-state index is -0.537. The number of ether oxygens (including phenoxy) is 1. The summed E-state index contributed by atoms with van der Waals surface area (Å²) >= 11 is 0. The lowest BCUT2D eigenvalue weighted by Crippen LogP contribution is -2.38. The van der Waals surface area contributed by atoms with E-state index in [-0.39, 0.29) is 24.5 Å². The van der Waals surface area contributed by atoms with Gasteiger partial charge in [-0.1, -0.05) is 69.4 Å². The Labute approximate surface area is 168 Å². The van der Waals surface area contributed by atoms with Gasteiger partial charge in [-0.05, 0) is 42.9 Å². The third-order valence-electron chi connectivity index (χ3n) is 5.76. The Morgan fingerprint density at radius 2 is 2.00 bits per heavy atom. The summed E-state index contributed by atoms with van der Waals surface area (Å²) in [5.41, 5.74) is 4.22. The number of rotatable bonds is 7. The molecule has 4 nitrogen and oxygen atoms in total. The highest BCUT2D eigenvalue weighted by molar-refractivity contribution is 5.95.